The van der Waals surface area contributed by atoms with Crippen LogP contribution in [0, 0.1) is 18.3 Å². The van der Waals surface area contributed by atoms with Crippen molar-refractivity contribution in [2.75, 3.05) is 13.7 Å². The maximum atomic E-state index is 11.7. The Labute approximate surface area is 94.4 Å². The Morgan fingerprint density at radius 1 is 1.50 bits per heavy atom. The second-order valence-corrected chi connectivity index (χ2v) is 3.15. The molecule has 0 spiro atoms. The fourth-order valence-electron chi connectivity index (χ4n) is 1.47. The zero-order valence-corrected chi connectivity index (χ0v) is 9.53. The van der Waals surface area contributed by atoms with Crippen LogP contribution in [-0.2, 0) is 4.74 Å². The molecule has 1 rings (SSSR count). The lowest BCUT2D eigenvalue weighted by Gasteiger charge is -2.10. The molecule has 0 atom stereocenters. The summed E-state index contributed by atoms with van der Waals surface area (Å²) in [5.74, 6) is 0.0810. The molecule has 1 aromatic rings. The van der Waals surface area contributed by atoms with Gasteiger partial charge in [0.15, 0.2) is 0 Å². The molecular weight excluding hydrogens is 206 g/mol. The molecule has 0 bridgehead atoms. The molecular formula is C12H13NO3. The smallest absolute Gasteiger partial charge is 0.339 e. The van der Waals surface area contributed by atoms with E-state index < -0.39 is 5.97 Å². The lowest BCUT2D eigenvalue weighted by atomic mass is 10.0. The summed E-state index contributed by atoms with van der Waals surface area (Å²) in [6.45, 7) is 3.73. The second kappa shape index (κ2) is 5.17. The number of carbonyl (C=O) groups excluding carboxylic acids is 1. The van der Waals surface area contributed by atoms with Crippen molar-refractivity contribution >= 4 is 5.97 Å². The van der Waals surface area contributed by atoms with E-state index in [9.17, 15) is 4.79 Å². The minimum atomic E-state index is -0.490. The quantitative estimate of drug-likeness (QED) is 0.730. The monoisotopic (exact) mass is 219 g/mol. The van der Waals surface area contributed by atoms with Crippen LogP contribution in [-0.4, -0.2) is 19.7 Å². The maximum Gasteiger partial charge on any atom is 0.339 e. The number of hydrogen-bond acceptors (Lipinski definition) is 4. The highest BCUT2D eigenvalue weighted by Crippen LogP contribution is 2.24. The van der Waals surface area contributed by atoms with Crippen molar-refractivity contribution in [3.63, 3.8) is 0 Å². The van der Waals surface area contributed by atoms with Gasteiger partial charge in [-0.2, -0.15) is 5.26 Å². The minimum Gasteiger partial charge on any atom is -0.496 e. The van der Waals surface area contributed by atoms with Crippen molar-refractivity contribution in [1.82, 2.24) is 0 Å². The molecule has 0 N–H and O–H groups in total. The van der Waals surface area contributed by atoms with Gasteiger partial charge in [0.1, 0.15) is 11.8 Å². The van der Waals surface area contributed by atoms with E-state index in [-0.39, 0.29) is 12.2 Å². The molecule has 0 aliphatic heterocycles. The number of ether oxygens (including phenoxy) is 2. The molecule has 0 heterocycles. The molecule has 16 heavy (non-hydrogen) atoms. The Morgan fingerprint density at radius 3 is 2.69 bits per heavy atom. The van der Waals surface area contributed by atoms with Crippen molar-refractivity contribution in [2.24, 2.45) is 0 Å². The molecule has 0 aliphatic rings. The Balaban J connectivity index is 3.33. The molecule has 0 fully saturated rings. The van der Waals surface area contributed by atoms with Crippen LogP contribution in [0.1, 0.15) is 28.4 Å². The third kappa shape index (κ3) is 2.14. The number of hydrogen-bond donors (Lipinski definition) is 0. The minimum absolute atomic E-state index is 0.278. The molecule has 1 aromatic carbocycles. The maximum absolute atomic E-state index is 11.7. The Morgan fingerprint density at radius 2 is 2.19 bits per heavy atom. The summed E-state index contributed by atoms with van der Waals surface area (Å²) in [4.78, 5) is 11.7. The third-order valence-electron chi connectivity index (χ3n) is 2.24. The van der Waals surface area contributed by atoms with E-state index in [1.54, 1.807) is 26.0 Å². The van der Waals surface area contributed by atoms with E-state index in [2.05, 4.69) is 0 Å². The number of esters is 1. The van der Waals surface area contributed by atoms with Crippen molar-refractivity contribution in [1.29, 1.82) is 5.26 Å². The van der Waals surface area contributed by atoms with Crippen LogP contribution in [0.2, 0.25) is 0 Å². The summed E-state index contributed by atoms with van der Waals surface area (Å²) in [6.07, 6.45) is 0. The normalized spacial score (nSPS) is 9.38. The van der Waals surface area contributed by atoms with Gasteiger partial charge in [-0.15, -0.1) is 0 Å². The van der Waals surface area contributed by atoms with Gasteiger partial charge < -0.3 is 9.47 Å². The average molecular weight is 219 g/mol. The van der Waals surface area contributed by atoms with E-state index in [1.165, 1.54) is 7.11 Å². The predicted octanol–water partition coefficient (Wildman–Crippen LogP) is 2.05. The van der Waals surface area contributed by atoms with E-state index in [0.717, 1.165) is 0 Å². The van der Waals surface area contributed by atoms with Gasteiger partial charge in [0.25, 0.3) is 0 Å². The van der Waals surface area contributed by atoms with E-state index >= 15 is 0 Å². The molecule has 4 heteroatoms. The first kappa shape index (κ1) is 12.1. The van der Waals surface area contributed by atoms with Crippen LogP contribution in [0.15, 0.2) is 12.1 Å². The van der Waals surface area contributed by atoms with Gasteiger partial charge in [-0.05, 0) is 26.0 Å². The first-order chi connectivity index (χ1) is 7.65. The van der Waals surface area contributed by atoms with E-state index in [4.69, 9.17) is 14.7 Å². The fraction of sp³-hybridized carbons (Fsp3) is 0.333. The first-order valence-electron chi connectivity index (χ1n) is 4.90. The molecule has 0 unspecified atom stereocenters. The van der Waals surface area contributed by atoms with Crippen LogP contribution in [0.25, 0.3) is 0 Å². The van der Waals surface area contributed by atoms with Crippen LogP contribution in [0.5, 0.6) is 5.75 Å². The Hall–Kier alpha value is -2.02. The van der Waals surface area contributed by atoms with Crippen LogP contribution < -0.4 is 4.74 Å². The number of methoxy groups -OCH3 is 1. The van der Waals surface area contributed by atoms with E-state index in [0.29, 0.717) is 16.9 Å². The van der Waals surface area contributed by atoms with Crippen molar-refractivity contribution in [3.8, 4) is 11.8 Å². The largest absolute Gasteiger partial charge is 0.496 e. The molecule has 0 aliphatic carbocycles. The number of nitrogens with zero attached hydrogens (tertiary/aromatic N) is 1. The van der Waals surface area contributed by atoms with Gasteiger partial charge in [-0.1, -0.05) is 0 Å². The van der Waals surface area contributed by atoms with Crippen LogP contribution in [0.4, 0.5) is 0 Å². The molecule has 0 radical (unpaired) electrons. The highest BCUT2D eigenvalue weighted by molar-refractivity contribution is 5.94. The highest BCUT2D eigenvalue weighted by Gasteiger charge is 2.18. The number of benzene rings is 1. The molecule has 4 nitrogen and oxygen atoms in total. The number of rotatable bonds is 3. The summed E-state index contributed by atoms with van der Waals surface area (Å²) >= 11 is 0. The SMILES string of the molecule is CCOC(=O)c1c(C#N)ccc(OC)c1C. The van der Waals surface area contributed by atoms with Gasteiger partial charge in [0, 0.05) is 5.56 Å². The molecule has 0 saturated heterocycles. The summed E-state index contributed by atoms with van der Waals surface area (Å²) < 4.78 is 10.0. The topological polar surface area (TPSA) is 59.3 Å². The summed E-state index contributed by atoms with van der Waals surface area (Å²) in [7, 11) is 1.52. The molecule has 84 valence electrons. The number of carbonyl (C=O) groups is 1. The molecule has 0 amide bonds. The lowest BCUT2D eigenvalue weighted by Crippen LogP contribution is -2.10. The summed E-state index contributed by atoms with van der Waals surface area (Å²) in [5.41, 5.74) is 1.21. The predicted molar refractivity (Wildman–Crippen MR) is 58.4 cm³/mol. The zero-order valence-electron chi connectivity index (χ0n) is 9.53. The van der Waals surface area contributed by atoms with Crippen molar-refractivity contribution in [2.45, 2.75) is 13.8 Å². The molecule has 0 aromatic heterocycles. The van der Waals surface area contributed by atoms with Gasteiger partial charge in [-0.25, -0.2) is 4.79 Å². The summed E-state index contributed by atoms with van der Waals surface area (Å²) in [6, 6.07) is 5.19. The summed E-state index contributed by atoms with van der Waals surface area (Å²) in [5, 5.41) is 8.92. The zero-order chi connectivity index (χ0) is 12.1. The van der Waals surface area contributed by atoms with E-state index in [1.807, 2.05) is 6.07 Å². The fourth-order valence-corrected chi connectivity index (χ4v) is 1.47. The van der Waals surface area contributed by atoms with Gasteiger partial charge in [0.05, 0.1) is 24.8 Å². The Kier molecular flexibility index (Phi) is 3.90. The first-order valence-corrected chi connectivity index (χ1v) is 4.90. The lowest BCUT2D eigenvalue weighted by molar-refractivity contribution is 0.0524. The standard InChI is InChI=1S/C12H13NO3/c1-4-16-12(14)11-8(2)10(15-3)6-5-9(11)7-13/h5-6H,4H2,1-3H3. The Bertz CT molecular complexity index is 446. The third-order valence-corrected chi connectivity index (χ3v) is 2.24. The van der Waals surface area contributed by atoms with Crippen molar-refractivity contribution in [3.05, 3.63) is 28.8 Å². The highest BCUT2D eigenvalue weighted by atomic mass is 16.5. The van der Waals surface area contributed by atoms with Gasteiger partial charge in [-0.3, -0.25) is 0 Å². The average Bonchev–Trinajstić information content (AvgIpc) is 2.28. The van der Waals surface area contributed by atoms with Gasteiger partial charge in [0.2, 0.25) is 0 Å². The molecule has 0 saturated carbocycles. The second-order valence-electron chi connectivity index (χ2n) is 3.15. The van der Waals surface area contributed by atoms with Crippen LogP contribution in [0.3, 0.4) is 0 Å². The number of nitriles is 1. The van der Waals surface area contributed by atoms with Crippen LogP contribution >= 0.6 is 0 Å². The van der Waals surface area contributed by atoms with Gasteiger partial charge >= 0.3 is 5.97 Å². The van der Waals surface area contributed by atoms with Crippen molar-refractivity contribution < 1.29 is 14.3 Å².